The van der Waals surface area contributed by atoms with Gasteiger partial charge in [0.1, 0.15) is 16.3 Å². The average molecular weight is 410 g/mol. The third kappa shape index (κ3) is 4.49. The molecule has 0 fully saturated rings. The van der Waals surface area contributed by atoms with Crippen molar-refractivity contribution in [3.8, 4) is 16.9 Å². The van der Waals surface area contributed by atoms with Crippen molar-refractivity contribution in [3.05, 3.63) is 70.6 Å². The molecular formula is C23H23NO4S. The van der Waals surface area contributed by atoms with Crippen LogP contribution >= 0.6 is 11.3 Å². The van der Waals surface area contributed by atoms with Gasteiger partial charge in [-0.15, -0.1) is 11.3 Å². The van der Waals surface area contributed by atoms with Crippen LogP contribution in [-0.4, -0.2) is 25.6 Å². The Morgan fingerprint density at radius 2 is 1.76 bits per heavy atom. The molecule has 29 heavy (non-hydrogen) atoms. The van der Waals surface area contributed by atoms with Crippen LogP contribution < -0.4 is 10.1 Å². The van der Waals surface area contributed by atoms with Gasteiger partial charge in [0.05, 0.1) is 19.3 Å². The highest BCUT2D eigenvalue weighted by Gasteiger charge is 2.24. The molecule has 0 atom stereocenters. The van der Waals surface area contributed by atoms with Gasteiger partial charge in [0.25, 0.3) is 5.91 Å². The number of aryl methyl sites for hydroxylation is 1. The minimum atomic E-state index is -0.460. The molecule has 0 aliphatic rings. The van der Waals surface area contributed by atoms with Gasteiger partial charge in [0, 0.05) is 10.9 Å². The zero-order chi connectivity index (χ0) is 20.8. The number of carbonyl (C=O) groups excluding carboxylic acids is 2. The number of esters is 1. The van der Waals surface area contributed by atoms with Gasteiger partial charge in [-0.1, -0.05) is 43.3 Å². The molecule has 5 nitrogen and oxygen atoms in total. The Balaban J connectivity index is 1.99. The van der Waals surface area contributed by atoms with E-state index in [0.717, 1.165) is 17.5 Å². The van der Waals surface area contributed by atoms with Gasteiger partial charge >= 0.3 is 5.97 Å². The fourth-order valence-corrected chi connectivity index (χ4v) is 3.94. The Morgan fingerprint density at radius 3 is 2.41 bits per heavy atom. The number of carbonyl (C=O) groups is 2. The van der Waals surface area contributed by atoms with E-state index < -0.39 is 5.97 Å². The number of benzene rings is 2. The van der Waals surface area contributed by atoms with Crippen molar-refractivity contribution in [2.45, 2.75) is 20.3 Å². The van der Waals surface area contributed by atoms with Crippen molar-refractivity contribution in [2.75, 3.05) is 19.0 Å². The number of anilines is 1. The molecule has 0 bridgehead atoms. The summed E-state index contributed by atoms with van der Waals surface area (Å²) in [5, 5.41) is 5.17. The summed E-state index contributed by atoms with van der Waals surface area (Å²) in [6.45, 7) is 4.10. The molecule has 0 saturated carbocycles. The van der Waals surface area contributed by atoms with E-state index in [2.05, 4.69) is 12.2 Å². The van der Waals surface area contributed by atoms with Gasteiger partial charge in [0.15, 0.2) is 0 Å². The molecule has 0 aliphatic heterocycles. The Kier molecular flexibility index (Phi) is 6.67. The van der Waals surface area contributed by atoms with Crippen LogP contribution in [0.25, 0.3) is 11.1 Å². The maximum Gasteiger partial charge on any atom is 0.341 e. The molecule has 0 aliphatic carbocycles. The van der Waals surface area contributed by atoms with Crippen molar-refractivity contribution in [1.82, 2.24) is 0 Å². The summed E-state index contributed by atoms with van der Waals surface area (Å²) in [5.41, 5.74) is 3.62. The van der Waals surface area contributed by atoms with E-state index in [0.29, 0.717) is 21.9 Å². The number of methoxy groups -OCH3 is 1. The first-order valence-corrected chi connectivity index (χ1v) is 10.3. The van der Waals surface area contributed by atoms with Crippen LogP contribution in [-0.2, 0) is 11.2 Å². The van der Waals surface area contributed by atoms with E-state index in [1.165, 1.54) is 24.0 Å². The van der Waals surface area contributed by atoms with E-state index in [1.807, 2.05) is 29.6 Å². The van der Waals surface area contributed by atoms with E-state index in [9.17, 15) is 9.59 Å². The molecule has 0 radical (unpaired) electrons. The lowest BCUT2D eigenvalue weighted by molar-refractivity contribution is 0.0529. The summed E-state index contributed by atoms with van der Waals surface area (Å²) in [6.07, 6.45) is 0.939. The van der Waals surface area contributed by atoms with Gasteiger partial charge in [-0.25, -0.2) is 4.79 Å². The Labute approximate surface area is 174 Å². The van der Waals surface area contributed by atoms with Crippen LogP contribution in [0.3, 0.4) is 0 Å². The third-order valence-corrected chi connectivity index (χ3v) is 5.42. The van der Waals surface area contributed by atoms with Gasteiger partial charge in [-0.05, 0) is 36.6 Å². The molecule has 6 heteroatoms. The lowest BCUT2D eigenvalue weighted by atomic mass is 10.0. The van der Waals surface area contributed by atoms with Gasteiger partial charge in [-0.3, -0.25) is 4.79 Å². The molecule has 0 unspecified atom stereocenters. The molecule has 1 aromatic heterocycles. The second kappa shape index (κ2) is 9.39. The first-order valence-electron chi connectivity index (χ1n) is 9.41. The van der Waals surface area contributed by atoms with Crippen LogP contribution in [0.4, 0.5) is 5.00 Å². The summed E-state index contributed by atoms with van der Waals surface area (Å²) in [4.78, 5) is 25.5. The van der Waals surface area contributed by atoms with Crippen molar-refractivity contribution < 1.29 is 19.1 Å². The number of para-hydroxylation sites is 1. The SMILES string of the molecule is CCOC(=O)c1c(-c2ccc(CC)cc2)csc1NC(=O)c1ccccc1OC. The van der Waals surface area contributed by atoms with Crippen molar-refractivity contribution in [2.24, 2.45) is 0 Å². The van der Waals surface area contributed by atoms with Crippen LogP contribution in [0.5, 0.6) is 5.75 Å². The first-order chi connectivity index (χ1) is 14.1. The lowest BCUT2D eigenvalue weighted by Crippen LogP contribution is -2.15. The van der Waals surface area contributed by atoms with E-state index in [1.54, 1.807) is 31.2 Å². The zero-order valence-corrected chi connectivity index (χ0v) is 17.5. The zero-order valence-electron chi connectivity index (χ0n) is 16.7. The molecule has 1 heterocycles. The summed E-state index contributed by atoms with van der Waals surface area (Å²) >= 11 is 1.30. The smallest absolute Gasteiger partial charge is 0.341 e. The fraction of sp³-hybridized carbons (Fsp3) is 0.217. The lowest BCUT2D eigenvalue weighted by Gasteiger charge is -2.11. The molecule has 0 spiro atoms. The standard InChI is InChI=1S/C23H23NO4S/c1-4-15-10-12-16(13-11-15)18-14-29-22(20(18)23(26)28-5-2)24-21(25)17-8-6-7-9-19(17)27-3/h6-14H,4-5H2,1-3H3,(H,24,25). The Morgan fingerprint density at radius 1 is 1.03 bits per heavy atom. The first kappa shape index (κ1) is 20.6. The van der Waals surface area contributed by atoms with Gasteiger partial charge in [-0.2, -0.15) is 0 Å². The van der Waals surface area contributed by atoms with Crippen LogP contribution in [0, 0.1) is 0 Å². The summed E-state index contributed by atoms with van der Waals surface area (Å²) in [7, 11) is 1.51. The largest absolute Gasteiger partial charge is 0.496 e. The molecule has 1 N–H and O–H groups in total. The molecule has 3 rings (SSSR count). The molecule has 0 saturated heterocycles. The summed E-state index contributed by atoms with van der Waals surface area (Å²) < 4.78 is 10.5. The number of nitrogens with one attached hydrogen (secondary N) is 1. The monoisotopic (exact) mass is 409 g/mol. The van der Waals surface area contributed by atoms with E-state index in [-0.39, 0.29) is 12.5 Å². The van der Waals surface area contributed by atoms with Gasteiger partial charge < -0.3 is 14.8 Å². The molecular weight excluding hydrogens is 386 g/mol. The number of rotatable bonds is 7. The predicted molar refractivity (Wildman–Crippen MR) is 116 cm³/mol. The van der Waals surface area contributed by atoms with E-state index >= 15 is 0 Å². The van der Waals surface area contributed by atoms with E-state index in [4.69, 9.17) is 9.47 Å². The normalized spacial score (nSPS) is 10.4. The number of ether oxygens (including phenoxy) is 2. The molecule has 1 amide bonds. The highest BCUT2D eigenvalue weighted by atomic mass is 32.1. The molecule has 2 aromatic carbocycles. The Bertz CT molecular complexity index is 1010. The maximum absolute atomic E-state index is 12.8. The molecule has 3 aromatic rings. The summed E-state index contributed by atoms with van der Waals surface area (Å²) in [6, 6.07) is 15.0. The van der Waals surface area contributed by atoms with Crippen molar-refractivity contribution in [1.29, 1.82) is 0 Å². The second-order valence-electron chi connectivity index (χ2n) is 6.28. The highest BCUT2D eigenvalue weighted by Crippen LogP contribution is 2.37. The van der Waals surface area contributed by atoms with Crippen molar-refractivity contribution >= 4 is 28.2 Å². The Hall–Kier alpha value is -3.12. The van der Waals surface area contributed by atoms with Gasteiger partial charge in [0.2, 0.25) is 0 Å². The topological polar surface area (TPSA) is 64.6 Å². The average Bonchev–Trinajstić information content (AvgIpc) is 3.17. The molecule has 150 valence electrons. The van der Waals surface area contributed by atoms with Crippen LogP contribution in [0.2, 0.25) is 0 Å². The fourth-order valence-electron chi connectivity index (χ4n) is 2.99. The number of hydrogen-bond acceptors (Lipinski definition) is 5. The highest BCUT2D eigenvalue weighted by molar-refractivity contribution is 7.15. The summed E-state index contributed by atoms with van der Waals surface area (Å²) in [5.74, 6) is -0.337. The van der Waals surface area contributed by atoms with Crippen LogP contribution in [0.1, 0.15) is 40.1 Å². The maximum atomic E-state index is 12.8. The quantitative estimate of drug-likeness (QED) is 0.530. The van der Waals surface area contributed by atoms with Crippen LogP contribution in [0.15, 0.2) is 53.9 Å². The predicted octanol–water partition coefficient (Wildman–Crippen LogP) is 5.42. The number of amides is 1. The number of thiophene rings is 1. The third-order valence-electron chi connectivity index (χ3n) is 4.52. The van der Waals surface area contributed by atoms with Crippen molar-refractivity contribution in [3.63, 3.8) is 0 Å². The minimum Gasteiger partial charge on any atom is -0.496 e. The second-order valence-corrected chi connectivity index (χ2v) is 7.16. The minimum absolute atomic E-state index is 0.253. The number of hydrogen-bond donors (Lipinski definition) is 1.